The molecule has 0 spiro atoms. The molecule has 4 heterocycles. The molecule has 3 aromatic carbocycles. The molecule has 0 saturated carbocycles. The van der Waals surface area contributed by atoms with Gasteiger partial charge in [-0.05, 0) is 24.3 Å². The molecule has 214 valence electrons. The molecule has 0 bridgehead atoms. The van der Waals surface area contributed by atoms with E-state index in [1.54, 1.807) is 48.5 Å². The average Bonchev–Trinajstić information content (AvgIpc) is 3.76. The maximum Gasteiger partial charge on any atom is 0.284 e. The Labute approximate surface area is 260 Å². The number of nitrogens with two attached hydrogens (primary N) is 1. The standard InChI is InChI=1S/C28H18N6O5S4/c1-12(35)30-24-16(26(39)34(32-24)14-10-6-3-7-11-14)28-42-21-17(36)19-20(18(37)22(21)43-28)41-27(40-19)15-23(29)31-33(25(15)38)13-8-4-2-5-9-13/h2-11,36-37H,1H3,(H2,29,31)(H,30,32,35). The number of hydrogen-bond donors (Lipinski definition) is 4. The van der Waals surface area contributed by atoms with Gasteiger partial charge in [0.15, 0.2) is 11.7 Å². The van der Waals surface area contributed by atoms with Gasteiger partial charge in [-0.1, -0.05) is 83.4 Å². The Morgan fingerprint density at radius 3 is 1.60 bits per heavy atom. The fourth-order valence-electron chi connectivity index (χ4n) is 4.57. The number of carbonyl (C=O) groups excluding carboxylic acids is 3. The van der Waals surface area contributed by atoms with E-state index in [1.165, 1.54) is 16.9 Å². The highest BCUT2D eigenvalue weighted by Crippen LogP contribution is 2.68. The second kappa shape index (κ2) is 10.4. The molecule has 4 aliphatic heterocycles. The van der Waals surface area contributed by atoms with Crippen molar-refractivity contribution in [3.8, 4) is 11.5 Å². The van der Waals surface area contributed by atoms with Crippen molar-refractivity contribution in [2.75, 3.05) is 10.0 Å². The van der Waals surface area contributed by atoms with Crippen molar-refractivity contribution in [1.29, 1.82) is 0 Å². The molecule has 3 amide bonds. The molecule has 0 atom stereocenters. The van der Waals surface area contributed by atoms with E-state index >= 15 is 0 Å². The Bertz CT molecular complexity index is 1860. The van der Waals surface area contributed by atoms with Gasteiger partial charge in [0.1, 0.15) is 22.6 Å². The number of para-hydroxylation sites is 2. The Hall–Kier alpha value is -4.31. The number of fused-ring (bicyclic) bond motifs is 2. The normalized spacial score (nSPS) is 17.5. The Balaban J connectivity index is 1.24. The summed E-state index contributed by atoms with van der Waals surface area (Å²) in [6.07, 6.45) is 0. The summed E-state index contributed by atoms with van der Waals surface area (Å²) in [6.45, 7) is 1.32. The maximum absolute atomic E-state index is 13.6. The van der Waals surface area contributed by atoms with Crippen molar-refractivity contribution in [2.45, 2.75) is 26.5 Å². The first-order chi connectivity index (χ1) is 20.7. The number of nitrogens with zero attached hydrogens (tertiary/aromatic N) is 4. The molecular weight excluding hydrogens is 629 g/mol. The minimum absolute atomic E-state index is 0.0338. The highest BCUT2D eigenvalue weighted by Gasteiger charge is 2.43. The first-order valence-corrected chi connectivity index (χ1v) is 15.8. The van der Waals surface area contributed by atoms with Crippen molar-refractivity contribution in [2.24, 2.45) is 15.9 Å². The number of aromatic hydroxyl groups is 2. The number of benzene rings is 3. The van der Waals surface area contributed by atoms with Gasteiger partial charge >= 0.3 is 0 Å². The average molecular weight is 647 g/mol. The summed E-state index contributed by atoms with van der Waals surface area (Å²) in [5.41, 5.74) is 7.58. The number of rotatable bonds is 2. The summed E-state index contributed by atoms with van der Waals surface area (Å²) in [7, 11) is 0. The van der Waals surface area contributed by atoms with Gasteiger partial charge in [0.2, 0.25) is 5.91 Å². The van der Waals surface area contributed by atoms with E-state index in [1.807, 2.05) is 12.1 Å². The third kappa shape index (κ3) is 4.47. The van der Waals surface area contributed by atoms with Crippen LogP contribution in [0, 0.1) is 0 Å². The molecule has 43 heavy (non-hydrogen) atoms. The summed E-state index contributed by atoms with van der Waals surface area (Å²) < 4.78 is 0.918. The van der Waals surface area contributed by atoms with E-state index in [4.69, 9.17) is 5.73 Å². The van der Waals surface area contributed by atoms with Gasteiger partial charge in [0.25, 0.3) is 11.8 Å². The van der Waals surface area contributed by atoms with Gasteiger partial charge in [0, 0.05) is 6.92 Å². The van der Waals surface area contributed by atoms with Crippen LogP contribution in [-0.4, -0.2) is 39.6 Å². The third-order valence-corrected chi connectivity index (χ3v) is 11.7. The zero-order valence-electron chi connectivity index (χ0n) is 21.9. The molecular formula is C28H18N6O5S4. The number of phenols is 2. The number of amidine groups is 2. The number of carbonyl (C=O) groups is 3. The summed E-state index contributed by atoms with van der Waals surface area (Å²) in [6, 6.07) is 17.7. The Morgan fingerprint density at radius 2 is 1.14 bits per heavy atom. The molecule has 0 fully saturated rings. The molecule has 4 aliphatic rings. The lowest BCUT2D eigenvalue weighted by Crippen LogP contribution is -2.29. The van der Waals surface area contributed by atoms with Gasteiger partial charge in [-0.2, -0.15) is 10.0 Å². The predicted octanol–water partition coefficient (Wildman–Crippen LogP) is 4.73. The minimum atomic E-state index is -0.461. The molecule has 5 N–H and O–H groups in total. The topological polar surface area (TPSA) is 161 Å². The van der Waals surface area contributed by atoms with E-state index in [9.17, 15) is 24.6 Å². The number of thioether (sulfide) groups is 4. The van der Waals surface area contributed by atoms with Crippen LogP contribution in [0.15, 0.2) is 110 Å². The van der Waals surface area contributed by atoms with Gasteiger partial charge in [0.05, 0.1) is 39.4 Å². The van der Waals surface area contributed by atoms with Crippen molar-refractivity contribution >= 4 is 87.8 Å². The minimum Gasteiger partial charge on any atom is -0.505 e. The lowest BCUT2D eigenvalue weighted by Gasteiger charge is -2.11. The fraction of sp³-hybridized carbons (Fsp3) is 0.0357. The zero-order valence-corrected chi connectivity index (χ0v) is 25.2. The number of nitrogens with one attached hydrogen (secondary N) is 1. The van der Waals surface area contributed by atoms with Gasteiger partial charge < -0.3 is 21.3 Å². The summed E-state index contributed by atoms with van der Waals surface area (Å²) in [4.78, 5) is 40.3. The molecule has 0 radical (unpaired) electrons. The SMILES string of the molecule is CC(=O)NC1=NN(c2ccccc2)C(=O)C1=C1Sc2c(O)c3c(c(O)c2S1)SC(=C1C(=O)N(c2ccccc2)N=C1N)S3. The van der Waals surface area contributed by atoms with Crippen molar-refractivity contribution in [3.63, 3.8) is 0 Å². The van der Waals surface area contributed by atoms with Crippen molar-refractivity contribution < 1.29 is 24.6 Å². The summed E-state index contributed by atoms with van der Waals surface area (Å²) in [5.74, 6) is -1.38. The second-order valence-electron chi connectivity index (χ2n) is 9.27. The highest BCUT2D eigenvalue weighted by molar-refractivity contribution is 8.26. The van der Waals surface area contributed by atoms with Gasteiger partial charge in [-0.3, -0.25) is 14.4 Å². The van der Waals surface area contributed by atoms with Crippen LogP contribution in [0.1, 0.15) is 6.92 Å². The molecule has 0 unspecified atom stereocenters. The molecule has 15 heteroatoms. The van der Waals surface area contributed by atoms with E-state index in [2.05, 4.69) is 15.5 Å². The first kappa shape index (κ1) is 27.5. The smallest absolute Gasteiger partial charge is 0.284 e. The van der Waals surface area contributed by atoms with E-state index in [-0.39, 0.29) is 34.3 Å². The maximum atomic E-state index is 13.6. The van der Waals surface area contributed by atoms with Crippen molar-refractivity contribution in [3.05, 3.63) is 80.3 Å². The largest absolute Gasteiger partial charge is 0.505 e. The van der Waals surface area contributed by atoms with E-state index in [0.29, 0.717) is 39.4 Å². The number of anilines is 2. The van der Waals surface area contributed by atoms with Gasteiger partial charge in [-0.15, -0.1) is 10.2 Å². The lowest BCUT2D eigenvalue weighted by molar-refractivity contribution is -0.117. The summed E-state index contributed by atoms with van der Waals surface area (Å²) >= 11 is 4.42. The monoisotopic (exact) mass is 646 g/mol. The number of phenolic OH excluding ortho intramolecular Hbond substituents is 2. The van der Waals surface area contributed by atoms with Gasteiger partial charge in [-0.25, -0.2) is 0 Å². The molecule has 3 aromatic rings. The number of amides is 3. The molecule has 7 rings (SSSR count). The summed E-state index contributed by atoms with van der Waals surface area (Å²) in [5, 5.41) is 36.4. The van der Waals surface area contributed by atoms with Crippen LogP contribution in [0.4, 0.5) is 11.4 Å². The van der Waals surface area contributed by atoms with E-state index < -0.39 is 17.7 Å². The number of hydrogen-bond acceptors (Lipinski definition) is 12. The zero-order chi connectivity index (χ0) is 30.0. The lowest BCUT2D eigenvalue weighted by atomic mass is 10.2. The van der Waals surface area contributed by atoms with Crippen LogP contribution < -0.4 is 21.1 Å². The second-order valence-corrected chi connectivity index (χ2v) is 13.9. The van der Waals surface area contributed by atoms with Crippen LogP contribution in [0.25, 0.3) is 0 Å². The number of hydrazone groups is 2. The van der Waals surface area contributed by atoms with Crippen LogP contribution in [0.5, 0.6) is 11.5 Å². The molecule has 0 aliphatic carbocycles. The quantitative estimate of drug-likeness (QED) is 0.226. The third-order valence-electron chi connectivity index (χ3n) is 6.47. The van der Waals surface area contributed by atoms with E-state index in [0.717, 1.165) is 47.0 Å². The highest BCUT2D eigenvalue weighted by atomic mass is 32.2. The van der Waals surface area contributed by atoms with Crippen LogP contribution in [-0.2, 0) is 14.4 Å². The van der Waals surface area contributed by atoms with Crippen LogP contribution >= 0.6 is 47.0 Å². The fourth-order valence-corrected chi connectivity index (χ4v) is 9.99. The van der Waals surface area contributed by atoms with Crippen LogP contribution in [0.2, 0.25) is 0 Å². The predicted molar refractivity (Wildman–Crippen MR) is 168 cm³/mol. The molecule has 11 nitrogen and oxygen atoms in total. The van der Waals surface area contributed by atoms with Crippen molar-refractivity contribution in [1.82, 2.24) is 5.32 Å². The molecule has 0 saturated heterocycles. The Kier molecular flexibility index (Phi) is 6.69. The first-order valence-electron chi connectivity index (χ1n) is 12.5. The van der Waals surface area contributed by atoms with Crippen LogP contribution in [0.3, 0.4) is 0 Å². The molecule has 0 aromatic heterocycles. The Morgan fingerprint density at radius 1 is 0.721 bits per heavy atom.